The molecule has 1 heterocycles. The molecule has 0 spiro atoms. The highest BCUT2D eigenvalue weighted by Crippen LogP contribution is 2.22. The number of carbonyl (C=O) groups excluding carboxylic acids is 2. The van der Waals surface area contributed by atoms with Gasteiger partial charge in [-0.3, -0.25) is 15.0 Å². The van der Waals surface area contributed by atoms with Gasteiger partial charge in [-0.15, -0.1) is 0 Å². The summed E-state index contributed by atoms with van der Waals surface area (Å²) in [5.41, 5.74) is 5.21. The van der Waals surface area contributed by atoms with E-state index in [-0.39, 0.29) is 11.5 Å². The molecule has 0 saturated carbocycles. The van der Waals surface area contributed by atoms with Crippen LogP contribution in [-0.2, 0) is 9.59 Å². The van der Waals surface area contributed by atoms with Gasteiger partial charge in [0.15, 0.2) is 0 Å². The minimum absolute atomic E-state index is 0.0934. The highest BCUT2D eigenvalue weighted by Gasteiger charge is 2.34. The standard InChI is InChI=1S/C26H24N2O4/c1-19-7-5-10-23(17-19)32-16-6-15-31-22-13-11-20(12-14-22)18-24-25(29)27-28(26(24)30)21-8-3-2-4-9-21/h2-5,7-14,17-18H,6,15-16H2,1H3,(H,27,29)/b24-18+. The average Bonchev–Trinajstić information content (AvgIpc) is 3.09. The number of hydrogen-bond acceptors (Lipinski definition) is 4. The first-order chi connectivity index (χ1) is 15.6. The first-order valence-electron chi connectivity index (χ1n) is 10.4. The molecule has 162 valence electrons. The lowest BCUT2D eigenvalue weighted by atomic mass is 10.1. The Labute approximate surface area is 187 Å². The van der Waals surface area contributed by atoms with E-state index in [1.807, 2.05) is 73.7 Å². The van der Waals surface area contributed by atoms with Gasteiger partial charge in [0.25, 0.3) is 11.8 Å². The number of amides is 2. The van der Waals surface area contributed by atoms with E-state index >= 15 is 0 Å². The van der Waals surface area contributed by atoms with E-state index in [0.717, 1.165) is 23.5 Å². The first kappa shape index (κ1) is 21.2. The minimum atomic E-state index is -0.423. The SMILES string of the molecule is Cc1cccc(OCCCOc2ccc(/C=C3\C(=O)NN(c4ccccc4)C3=O)cc2)c1. The van der Waals surface area contributed by atoms with Crippen LogP contribution in [0.15, 0.2) is 84.4 Å². The number of nitrogens with one attached hydrogen (secondary N) is 1. The van der Waals surface area contributed by atoms with Crippen LogP contribution in [0.4, 0.5) is 5.69 Å². The molecule has 1 aliphatic rings. The number of anilines is 1. The fourth-order valence-corrected chi connectivity index (χ4v) is 3.29. The summed E-state index contributed by atoms with van der Waals surface area (Å²) in [6.07, 6.45) is 2.34. The summed E-state index contributed by atoms with van der Waals surface area (Å²) in [5.74, 6) is 0.775. The van der Waals surface area contributed by atoms with Crippen molar-refractivity contribution in [1.82, 2.24) is 5.43 Å². The van der Waals surface area contributed by atoms with Gasteiger partial charge in [0.05, 0.1) is 18.9 Å². The van der Waals surface area contributed by atoms with Crippen molar-refractivity contribution >= 4 is 23.6 Å². The van der Waals surface area contributed by atoms with Crippen molar-refractivity contribution in [3.8, 4) is 11.5 Å². The summed E-state index contributed by atoms with van der Waals surface area (Å²) >= 11 is 0. The van der Waals surface area contributed by atoms with Gasteiger partial charge in [0, 0.05) is 6.42 Å². The first-order valence-corrected chi connectivity index (χ1v) is 10.4. The Morgan fingerprint density at radius 1 is 0.844 bits per heavy atom. The minimum Gasteiger partial charge on any atom is -0.493 e. The Bertz CT molecular complexity index is 1120. The molecule has 0 aliphatic carbocycles. The van der Waals surface area contributed by atoms with Crippen LogP contribution in [0.2, 0.25) is 0 Å². The van der Waals surface area contributed by atoms with Gasteiger partial charge < -0.3 is 9.47 Å². The normalized spacial score (nSPS) is 14.5. The molecular formula is C26H24N2O4. The third-order valence-corrected chi connectivity index (χ3v) is 4.91. The van der Waals surface area contributed by atoms with Crippen LogP contribution in [0.25, 0.3) is 6.08 Å². The lowest BCUT2D eigenvalue weighted by molar-refractivity contribution is -0.117. The Balaban J connectivity index is 1.29. The predicted octanol–water partition coefficient (Wildman–Crippen LogP) is 4.30. The summed E-state index contributed by atoms with van der Waals surface area (Å²) in [6, 6.07) is 24.2. The van der Waals surface area contributed by atoms with Crippen LogP contribution < -0.4 is 19.9 Å². The molecule has 3 aromatic carbocycles. The molecule has 0 bridgehead atoms. The zero-order chi connectivity index (χ0) is 22.3. The highest BCUT2D eigenvalue weighted by molar-refractivity contribution is 6.31. The molecule has 1 saturated heterocycles. The summed E-state index contributed by atoms with van der Waals surface area (Å²) in [7, 11) is 0. The molecule has 0 atom stereocenters. The quantitative estimate of drug-likeness (QED) is 0.330. The number of hydrogen-bond donors (Lipinski definition) is 1. The van der Waals surface area contributed by atoms with Crippen molar-refractivity contribution in [3.63, 3.8) is 0 Å². The maximum Gasteiger partial charge on any atom is 0.282 e. The number of carbonyl (C=O) groups is 2. The second-order valence-electron chi connectivity index (χ2n) is 7.41. The topological polar surface area (TPSA) is 67.9 Å². The van der Waals surface area contributed by atoms with Crippen LogP contribution in [0.5, 0.6) is 11.5 Å². The van der Waals surface area contributed by atoms with E-state index in [4.69, 9.17) is 9.47 Å². The van der Waals surface area contributed by atoms with Gasteiger partial charge in [-0.05, 0) is 60.5 Å². The van der Waals surface area contributed by atoms with Crippen LogP contribution in [0, 0.1) is 6.92 Å². The monoisotopic (exact) mass is 428 g/mol. The van der Waals surface area contributed by atoms with Crippen molar-refractivity contribution in [2.75, 3.05) is 18.2 Å². The van der Waals surface area contributed by atoms with Crippen molar-refractivity contribution in [2.45, 2.75) is 13.3 Å². The highest BCUT2D eigenvalue weighted by atomic mass is 16.5. The maximum absolute atomic E-state index is 12.6. The summed E-state index contributed by atoms with van der Waals surface area (Å²) in [4.78, 5) is 24.9. The molecule has 4 rings (SSSR count). The molecule has 1 fully saturated rings. The van der Waals surface area contributed by atoms with E-state index in [1.54, 1.807) is 18.2 Å². The smallest absolute Gasteiger partial charge is 0.282 e. The average molecular weight is 428 g/mol. The number of hydrazine groups is 1. The Hall–Kier alpha value is -4.06. The van der Waals surface area contributed by atoms with E-state index in [1.165, 1.54) is 10.6 Å². The molecular weight excluding hydrogens is 404 g/mol. The molecule has 32 heavy (non-hydrogen) atoms. The molecule has 0 unspecified atom stereocenters. The second-order valence-corrected chi connectivity index (χ2v) is 7.41. The Morgan fingerprint density at radius 3 is 2.28 bits per heavy atom. The van der Waals surface area contributed by atoms with Gasteiger partial charge in [0.1, 0.15) is 17.1 Å². The van der Waals surface area contributed by atoms with E-state index < -0.39 is 5.91 Å². The lowest BCUT2D eigenvalue weighted by Crippen LogP contribution is -2.35. The van der Waals surface area contributed by atoms with E-state index in [0.29, 0.717) is 18.9 Å². The molecule has 0 aromatic heterocycles. The number of rotatable bonds is 8. The molecule has 6 heteroatoms. The van der Waals surface area contributed by atoms with Crippen molar-refractivity contribution < 1.29 is 19.1 Å². The Kier molecular flexibility index (Phi) is 6.51. The van der Waals surface area contributed by atoms with Crippen LogP contribution in [-0.4, -0.2) is 25.0 Å². The van der Waals surface area contributed by atoms with Gasteiger partial charge >= 0.3 is 0 Å². The van der Waals surface area contributed by atoms with E-state index in [2.05, 4.69) is 5.43 Å². The van der Waals surface area contributed by atoms with Gasteiger partial charge in [0.2, 0.25) is 0 Å². The number of para-hydroxylation sites is 1. The Morgan fingerprint density at radius 2 is 1.56 bits per heavy atom. The third kappa shape index (κ3) is 5.16. The lowest BCUT2D eigenvalue weighted by Gasteiger charge is -2.13. The van der Waals surface area contributed by atoms with Gasteiger partial charge in [-0.25, -0.2) is 5.01 Å². The fraction of sp³-hybridized carbons (Fsp3) is 0.154. The van der Waals surface area contributed by atoms with Gasteiger partial charge in [-0.1, -0.05) is 42.5 Å². The number of nitrogens with zero attached hydrogens (tertiary/aromatic N) is 1. The largest absolute Gasteiger partial charge is 0.493 e. The fourth-order valence-electron chi connectivity index (χ4n) is 3.29. The van der Waals surface area contributed by atoms with Crippen molar-refractivity contribution in [3.05, 3.63) is 95.6 Å². The molecule has 1 aliphatic heterocycles. The second kappa shape index (κ2) is 9.83. The zero-order valence-electron chi connectivity index (χ0n) is 17.8. The molecule has 2 amide bonds. The van der Waals surface area contributed by atoms with Crippen molar-refractivity contribution in [1.29, 1.82) is 0 Å². The molecule has 6 nitrogen and oxygen atoms in total. The molecule has 1 N–H and O–H groups in total. The maximum atomic E-state index is 12.6. The number of aryl methyl sites for hydroxylation is 1. The van der Waals surface area contributed by atoms with Crippen molar-refractivity contribution in [2.24, 2.45) is 0 Å². The van der Waals surface area contributed by atoms with E-state index in [9.17, 15) is 9.59 Å². The number of ether oxygens (including phenoxy) is 2. The summed E-state index contributed by atoms with van der Waals surface area (Å²) < 4.78 is 11.5. The summed E-state index contributed by atoms with van der Waals surface area (Å²) in [6.45, 7) is 3.13. The molecule has 3 aromatic rings. The van der Waals surface area contributed by atoms with Crippen LogP contribution in [0.1, 0.15) is 17.5 Å². The van der Waals surface area contributed by atoms with Gasteiger partial charge in [-0.2, -0.15) is 0 Å². The summed E-state index contributed by atoms with van der Waals surface area (Å²) in [5, 5.41) is 1.25. The third-order valence-electron chi connectivity index (χ3n) is 4.91. The van der Waals surface area contributed by atoms with Crippen LogP contribution >= 0.6 is 0 Å². The zero-order valence-corrected chi connectivity index (χ0v) is 17.8. The molecule has 0 radical (unpaired) electrons. The van der Waals surface area contributed by atoms with Crippen LogP contribution in [0.3, 0.4) is 0 Å². The predicted molar refractivity (Wildman–Crippen MR) is 123 cm³/mol. The number of benzene rings is 3.